The van der Waals surface area contributed by atoms with Gasteiger partial charge in [-0.1, -0.05) is 42.6 Å². The number of nitrogens with one attached hydrogen (secondary N) is 1. The number of ether oxygens (including phenoxy) is 1. The van der Waals surface area contributed by atoms with Crippen LogP contribution in [0, 0.1) is 5.92 Å². The van der Waals surface area contributed by atoms with Gasteiger partial charge in [-0.25, -0.2) is 0 Å². The Kier molecular flexibility index (Phi) is 6.37. The minimum absolute atomic E-state index is 0.0136. The van der Waals surface area contributed by atoms with Crippen molar-refractivity contribution < 1.29 is 19.1 Å². The number of rotatable bonds is 6. The topological polar surface area (TPSA) is 75.7 Å². The summed E-state index contributed by atoms with van der Waals surface area (Å²) in [6.07, 6.45) is 3.53. The van der Waals surface area contributed by atoms with Crippen LogP contribution in [0.3, 0.4) is 0 Å². The Morgan fingerprint density at radius 2 is 2.00 bits per heavy atom. The van der Waals surface area contributed by atoms with Crippen LogP contribution in [0.5, 0.6) is 0 Å². The number of amides is 2. The second-order valence-electron chi connectivity index (χ2n) is 7.27. The number of hydrogen-bond donors (Lipinski definition) is 1. The standard InChI is InChI=1S/C20H25ClN2O4/c1-13(19(25)22-11-14-6-2-5-9-17(14)21)27-20(26)15-10-18(24)23(12-15)16-7-3-4-8-16/h2,5-6,9,13,15-16H,3-4,7-8,10-12H2,1H3,(H,22,25)/t13-,15-/m1/s1. The first kappa shape index (κ1) is 19.7. The van der Waals surface area contributed by atoms with Gasteiger partial charge in [-0.2, -0.15) is 0 Å². The smallest absolute Gasteiger partial charge is 0.312 e. The summed E-state index contributed by atoms with van der Waals surface area (Å²) in [5.74, 6) is -1.35. The van der Waals surface area contributed by atoms with E-state index in [0.717, 1.165) is 31.2 Å². The molecule has 0 radical (unpaired) electrons. The zero-order chi connectivity index (χ0) is 19.4. The number of likely N-dealkylation sites (tertiary alicyclic amines) is 1. The van der Waals surface area contributed by atoms with Gasteiger partial charge in [0.2, 0.25) is 5.91 Å². The third-order valence-electron chi connectivity index (χ3n) is 5.33. The van der Waals surface area contributed by atoms with Crippen LogP contribution in [-0.4, -0.2) is 41.4 Å². The highest BCUT2D eigenvalue weighted by molar-refractivity contribution is 6.31. The van der Waals surface area contributed by atoms with E-state index in [4.69, 9.17) is 16.3 Å². The molecule has 6 nitrogen and oxygen atoms in total. The number of benzene rings is 1. The first-order valence-corrected chi connectivity index (χ1v) is 9.84. The predicted octanol–water partition coefficient (Wildman–Crippen LogP) is 2.68. The minimum atomic E-state index is -0.921. The van der Waals surface area contributed by atoms with Crippen molar-refractivity contribution in [2.24, 2.45) is 5.92 Å². The monoisotopic (exact) mass is 392 g/mol. The Morgan fingerprint density at radius 3 is 2.70 bits per heavy atom. The average Bonchev–Trinajstić information content (AvgIpc) is 3.30. The predicted molar refractivity (Wildman–Crippen MR) is 101 cm³/mol. The third-order valence-corrected chi connectivity index (χ3v) is 5.70. The molecule has 1 aliphatic heterocycles. The molecule has 1 saturated carbocycles. The average molecular weight is 393 g/mol. The van der Waals surface area contributed by atoms with Crippen LogP contribution >= 0.6 is 11.6 Å². The van der Waals surface area contributed by atoms with E-state index in [1.54, 1.807) is 6.07 Å². The summed E-state index contributed by atoms with van der Waals surface area (Å²) in [6.45, 7) is 2.19. The fraction of sp³-hybridized carbons (Fsp3) is 0.550. The lowest BCUT2D eigenvalue weighted by Gasteiger charge is -2.24. The van der Waals surface area contributed by atoms with E-state index < -0.39 is 18.0 Å². The molecule has 0 spiro atoms. The molecule has 27 heavy (non-hydrogen) atoms. The van der Waals surface area contributed by atoms with Gasteiger partial charge in [-0.3, -0.25) is 14.4 Å². The second kappa shape index (κ2) is 8.74. The maximum Gasteiger partial charge on any atom is 0.312 e. The summed E-state index contributed by atoms with van der Waals surface area (Å²) in [4.78, 5) is 38.6. The number of carbonyl (C=O) groups excluding carboxylic acids is 3. The van der Waals surface area contributed by atoms with Crippen molar-refractivity contribution in [2.45, 2.75) is 57.7 Å². The molecule has 0 bridgehead atoms. The Morgan fingerprint density at radius 1 is 1.30 bits per heavy atom. The Balaban J connectivity index is 1.47. The molecule has 1 aromatic rings. The van der Waals surface area contributed by atoms with Crippen LogP contribution in [-0.2, 0) is 25.7 Å². The molecule has 7 heteroatoms. The van der Waals surface area contributed by atoms with E-state index in [2.05, 4.69) is 5.32 Å². The van der Waals surface area contributed by atoms with Crippen molar-refractivity contribution in [1.82, 2.24) is 10.2 Å². The SMILES string of the molecule is C[C@@H](OC(=O)[C@@H]1CC(=O)N(C2CCCC2)C1)C(=O)NCc1ccccc1Cl. The highest BCUT2D eigenvalue weighted by atomic mass is 35.5. The van der Waals surface area contributed by atoms with Gasteiger partial charge in [0.25, 0.3) is 5.91 Å². The van der Waals surface area contributed by atoms with Crippen molar-refractivity contribution in [3.05, 3.63) is 34.9 Å². The number of carbonyl (C=O) groups is 3. The number of hydrogen-bond acceptors (Lipinski definition) is 4. The van der Waals surface area contributed by atoms with E-state index in [1.807, 2.05) is 23.1 Å². The Bertz CT molecular complexity index is 718. The molecule has 1 aromatic carbocycles. The number of esters is 1. The van der Waals surface area contributed by atoms with Crippen molar-refractivity contribution in [2.75, 3.05) is 6.54 Å². The van der Waals surface area contributed by atoms with E-state index in [9.17, 15) is 14.4 Å². The molecule has 1 heterocycles. The summed E-state index contributed by atoms with van der Waals surface area (Å²) in [6, 6.07) is 7.48. The Labute approximate surface area is 164 Å². The van der Waals surface area contributed by atoms with E-state index in [1.165, 1.54) is 6.92 Å². The van der Waals surface area contributed by atoms with E-state index in [0.29, 0.717) is 11.6 Å². The van der Waals surface area contributed by atoms with Crippen LogP contribution in [0.4, 0.5) is 0 Å². The highest BCUT2D eigenvalue weighted by Crippen LogP contribution is 2.30. The molecule has 1 N–H and O–H groups in total. The maximum atomic E-state index is 12.4. The summed E-state index contributed by atoms with van der Waals surface area (Å²) < 4.78 is 5.31. The van der Waals surface area contributed by atoms with Crippen LogP contribution in [0.1, 0.15) is 44.6 Å². The third kappa shape index (κ3) is 4.80. The van der Waals surface area contributed by atoms with Crippen LogP contribution in [0.2, 0.25) is 5.02 Å². The van der Waals surface area contributed by atoms with E-state index >= 15 is 0 Å². The van der Waals surface area contributed by atoms with Gasteiger partial charge in [-0.15, -0.1) is 0 Å². The molecule has 2 atom stereocenters. The summed E-state index contributed by atoms with van der Waals surface area (Å²) in [5.41, 5.74) is 0.791. The van der Waals surface area contributed by atoms with Gasteiger partial charge in [-0.05, 0) is 31.4 Å². The molecule has 2 fully saturated rings. The maximum absolute atomic E-state index is 12.4. The van der Waals surface area contributed by atoms with Gasteiger partial charge < -0.3 is 15.0 Å². The molecule has 146 valence electrons. The zero-order valence-corrected chi connectivity index (χ0v) is 16.2. The van der Waals surface area contributed by atoms with Crippen LogP contribution in [0.25, 0.3) is 0 Å². The quantitative estimate of drug-likeness (QED) is 0.755. The van der Waals surface area contributed by atoms with Crippen molar-refractivity contribution in [3.63, 3.8) is 0 Å². The number of nitrogens with zero attached hydrogens (tertiary/aromatic N) is 1. The Hall–Kier alpha value is -2.08. The van der Waals surface area contributed by atoms with Gasteiger partial charge in [0, 0.05) is 30.6 Å². The first-order valence-electron chi connectivity index (χ1n) is 9.46. The van der Waals surface area contributed by atoms with Gasteiger partial charge in [0.05, 0.1) is 5.92 Å². The van der Waals surface area contributed by atoms with Gasteiger partial charge in [0.1, 0.15) is 0 Å². The highest BCUT2D eigenvalue weighted by Gasteiger charge is 2.40. The van der Waals surface area contributed by atoms with Crippen LogP contribution in [0.15, 0.2) is 24.3 Å². The molecule has 2 amide bonds. The van der Waals surface area contributed by atoms with Gasteiger partial charge >= 0.3 is 5.97 Å². The molecular formula is C20H25ClN2O4. The minimum Gasteiger partial charge on any atom is -0.452 e. The zero-order valence-electron chi connectivity index (χ0n) is 15.4. The van der Waals surface area contributed by atoms with E-state index in [-0.39, 0.29) is 30.8 Å². The lowest BCUT2D eigenvalue weighted by Crippen LogP contribution is -2.38. The second-order valence-corrected chi connectivity index (χ2v) is 7.68. The molecule has 3 rings (SSSR count). The fourth-order valence-corrected chi connectivity index (χ4v) is 3.95. The normalized spacial score (nSPS) is 21.3. The molecule has 1 saturated heterocycles. The van der Waals surface area contributed by atoms with Crippen molar-refractivity contribution >= 4 is 29.4 Å². The van der Waals surface area contributed by atoms with Crippen molar-refractivity contribution in [1.29, 1.82) is 0 Å². The van der Waals surface area contributed by atoms with Gasteiger partial charge in [0.15, 0.2) is 6.10 Å². The summed E-state index contributed by atoms with van der Waals surface area (Å²) >= 11 is 6.07. The lowest BCUT2D eigenvalue weighted by atomic mass is 10.1. The molecule has 1 aliphatic carbocycles. The van der Waals surface area contributed by atoms with Crippen molar-refractivity contribution in [3.8, 4) is 0 Å². The fourth-order valence-electron chi connectivity index (χ4n) is 3.75. The molecule has 2 aliphatic rings. The molecular weight excluding hydrogens is 368 g/mol. The van der Waals surface area contributed by atoms with Crippen LogP contribution < -0.4 is 5.32 Å². The molecule has 0 aromatic heterocycles. The largest absolute Gasteiger partial charge is 0.452 e. The molecule has 0 unspecified atom stereocenters. The number of halogens is 1. The summed E-state index contributed by atoms with van der Waals surface area (Å²) in [7, 11) is 0. The first-order chi connectivity index (χ1) is 13.0. The summed E-state index contributed by atoms with van der Waals surface area (Å²) in [5, 5.41) is 3.29. The lowest BCUT2D eigenvalue weighted by molar-refractivity contribution is -0.158.